The number of rotatable bonds is 7. The lowest BCUT2D eigenvalue weighted by Crippen LogP contribution is -2.37. The number of anilines is 2. The molecule has 0 radical (unpaired) electrons. The van der Waals surface area contributed by atoms with Crippen LogP contribution < -0.4 is 19.7 Å². The largest absolute Gasteiger partial charge is 0.454 e. The summed E-state index contributed by atoms with van der Waals surface area (Å²) in [4.78, 5) is 45.1. The van der Waals surface area contributed by atoms with E-state index in [0.717, 1.165) is 38.0 Å². The van der Waals surface area contributed by atoms with Gasteiger partial charge in [-0.05, 0) is 69.5 Å². The molecule has 0 unspecified atom stereocenters. The molecule has 5 rings (SSSR count). The standard InChI is InChI=1S/C28H34N4O5/c1-3-30(4-2)28(35)22-17-21(29-26(33)20-8-11-24-25(16-20)37-18-36-24)9-10-23(22)31-12-5-13-32(15-14-31)27(34)19-6-7-19/h8-11,16-17,19H,3-7,12-15,18H2,1-2H3,(H,29,33). The van der Waals surface area contributed by atoms with Crippen LogP contribution in [0.25, 0.3) is 0 Å². The summed E-state index contributed by atoms with van der Waals surface area (Å²) < 4.78 is 10.7. The quantitative estimate of drug-likeness (QED) is 0.617. The van der Waals surface area contributed by atoms with Crippen LogP contribution in [-0.2, 0) is 4.79 Å². The van der Waals surface area contributed by atoms with Crippen molar-refractivity contribution < 1.29 is 23.9 Å². The number of hydrogen-bond donors (Lipinski definition) is 1. The molecule has 1 saturated heterocycles. The van der Waals surface area contributed by atoms with Crippen molar-refractivity contribution in [2.45, 2.75) is 33.1 Å². The molecule has 0 atom stereocenters. The van der Waals surface area contributed by atoms with Crippen LogP contribution in [-0.4, -0.2) is 73.6 Å². The van der Waals surface area contributed by atoms with Crippen LogP contribution in [0.3, 0.4) is 0 Å². The Balaban J connectivity index is 1.38. The number of hydrogen-bond acceptors (Lipinski definition) is 6. The van der Waals surface area contributed by atoms with Crippen molar-refractivity contribution in [2.24, 2.45) is 5.92 Å². The van der Waals surface area contributed by atoms with E-state index in [4.69, 9.17) is 9.47 Å². The van der Waals surface area contributed by atoms with Gasteiger partial charge in [-0.2, -0.15) is 0 Å². The Morgan fingerprint density at radius 2 is 1.73 bits per heavy atom. The van der Waals surface area contributed by atoms with E-state index in [0.29, 0.717) is 54.5 Å². The summed E-state index contributed by atoms with van der Waals surface area (Å²) in [5, 5.41) is 2.93. The molecular weight excluding hydrogens is 472 g/mol. The Hall–Kier alpha value is -3.75. The van der Waals surface area contributed by atoms with Crippen molar-refractivity contribution in [1.29, 1.82) is 0 Å². The molecule has 0 aromatic heterocycles. The predicted octanol–water partition coefficient (Wildman–Crippen LogP) is 3.60. The minimum Gasteiger partial charge on any atom is -0.454 e. The molecule has 1 aliphatic carbocycles. The zero-order chi connectivity index (χ0) is 25.9. The molecule has 0 bridgehead atoms. The number of fused-ring (bicyclic) bond motifs is 1. The number of nitrogens with one attached hydrogen (secondary N) is 1. The first kappa shape index (κ1) is 24.9. The van der Waals surface area contributed by atoms with E-state index in [1.54, 1.807) is 29.2 Å². The number of carbonyl (C=O) groups excluding carboxylic acids is 3. The maximum absolute atomic E-state index is 13.6. The lowest BCUT2D eigenvalue weighted by Gasteiger charge is -2.28. The SMILES string of the molecule is CCN(CC)C(=O)c1cc(NC(=O)c2ccc3c(c2)OCO3)ccc1N1CCCN(C(=O)C2CC2)CC1. The average molecular weight is 507 g/mol. The van der Waals surface area contributed by atoms with Gasteiger partial charge < -0.3 is 29.5 Å². The first-order valence-corrected chi connectivity index (χ1v) is 13.2. The fourth-order valence-corrected chi connectivity index (χ4v) is 4.95. The number of benzene rings is 2. The van der Waals surface area contributed by atoms with Gasteiger partial charge in [0.2, 0.25) is 12.7 Å². The van der Waals surface area contributed by atoms with Gasteiger partial charge in [0.15, 0.2) is 11.5 Å². The lowest BCUT2D eigenvalue weighted by molar-refractivity contribution is -0.132. The third-order valence-electron chi connectivity index (χ3n) is 7.25. The van der Waals surface area contributed by atoms with Gasteiger partial charge in [-0.1, -0.05) is 0 Å². The van der Waals surface area contributed by atoms with E-state index < -0.39 is 0 Å². The van der Waals surface area contributed by atoms with Crippen LogP contribution in [0.15, 0.2) is 36.4 Å². The number of nitrogens with zero attached hydrogens (tertiary/aromatic N) is 3. The molecular formula is C28H34N4O5. The molecule has 9 heteroatoms. The van der Waals surface area contributed by atoms with Crippen LogP contribution in [0.1, 0.15) is 53.8 Å². The van der Waals surface area contributed by atoms with Crippen molar-refractivity contribution in [3.63, 3.8) is 0 Å². The van der Waals surface area contributed by atoms with Crippen molar-refractivity contribution in [3.8, 4) is 11.5 Å². The molecule has 3 aliphatic rings. The zero-order valence-corrected chi connectivity index (χ0v) is 21.5. The normalized spacial score (nSPS) is 16.8. The van der Waals surface area contributed by atoms with Gasteiger partial charge in [0.1, 0.15) is 0 Å². The topological polar surface area (TPSA) is 91.4 Å². The van der Waals surface area contributed by atoms with Crippen molar-refractivity contribution >= 4 is 29.1 Å². The van der Waals surface area contributed by atoms with Crippen LogP contribution in [0.2, 0.25) is 0 Å². The predicted molar refractivity (Wildman–Crippen MR) is 140 cm³/mol. The fraction of sp³-hybridized carbons (Fsp3) is 0.464. The van der Waals surface area contributed by atoms with Gasteiger partial charge in [-0.15, -0.1) is 0 Å². The van der Waals surface area contributed by atoms with Gasteiger partial charge >= 0.3 is 0 Å². The van der Waals surface area contributed by atoms with Crippen molar-refractivity contribution in [1.82, 2.24) is 9.80 Å². The Kier molecular flexibility index (Phi) is 7.21. The Labute approximate surface area is 217 Å². The second kappa shape index (κ2) is 10.7. The zero-order valence-electron chi connectivity index (χ0n) is 21.5. The molecule has 196 valence electrons. The van der Waals surface area contributed by atoms with E-state index in [2.05, 4.69) is 10.2 Å². The Morgan fingerprint density at radius 3 is 2.49 bits per heavy atom. The number of carbonyl (C=O) groups is 3. The van der Waals surface area contributed by atoms with Crippen molar-refractivity contribution in [2.75, 3.05) is 56.3 Å². The summed E-state index contributed by atoms with van der Waals surface area (Å²) in [5.41, 5.74) is 2.37. The fourth-order valence-electron chi connectivity index (χ4n) is 4.95. The first-order chi connectivity index (χ1) is 18.0. The van der Waals surface area contributed by atoms with Gasteiger partial charge in [-0.25, -0.2) is 0 Å². The summed E-state index contributed by atoms with van der Waals surface area (Å²) in [5.74, 6) is 1.26. The molecule has 0 spiro atoms. The van der Waals surface area contributed by atoms with Crippen LogP contribution in [0.4, 0.5) is 11.4 Å². The van der Waals surface area contributed by atoms with Crippen molar-refractivity contribution in [3.05, 3.63) is 47.5 Å². The first-order valence-electron chi connectivity index (χ1n) is 13.2. The molecule has 2 heterocycles. The van der Waals surface area contributed by atoms with E-state index >= 15 is 0 Å². The van der Waals surface area contributed by atoms with Gasteiger partial charge in [-0.3, -0.25) is 14.4 Å². The highest BCUT2D eigenvalue weighted by Crippen LogP contribution is 2.34. The van der Waals surface area contributed by atoms with Crippen LogP contribution >= 0.6 is 0 Å². The Bertz CT molecular complexity index is 1190. The third-order valence-corrected chi connectivity index (χ3v) is 7.25. The third kappa shape index (κ3) is 5.35. The summed E-state index contributed by atoms with van der Waals surface area (Å²) >= 11 is 0. The van der Waals surface area contributed by atoms with E-state index in [-0.39, 0.29) is 30.4 Å². The lowest BCUT2D eigenvalue weighted by atomic mass is 10.1. The molecule has 2 aromatic rings. The minimum absolute atomic E-state index is 0.0747. The van der Waals surface area contributed by atoms with E-state index in [1.807, 2.05) is 30.9 Å². The van der Waals surface area contributed by atoms with Crippen LogP contribution in [0, 0.1) is 5.92 Å². The summed E-state index contributed by atoms with van der Waals surface area (Å²) in [6, 6.07) is 10.6. The highest BCUT2D eigenvalue weighted by molar-refractivity contribution is 6.06. The smallest absolute Gasteiger partial charge is 0.256 e. The maximum atomic E-state index is 13.6. The number of ether oxygens (including phenoxy) is 2. The second-order valence-corrected chi connectivity index (χ2v) is 9.67. The molecule has 1 N–H and O–H groups in total. The Morgan fingerprint density at radius 1 is 0.946 bits per heavy atom. The molecule has 3 amide bonds. The minimum atomic E-state index is -0.295. The maximum Gasteiger partial charge on any atom is 0.256 e. The van der Waals surface area contributed by atoms with E-state index in [1.165, 1.54) is 0 Å². The van der Waals surface area contributed by atoms with Gasteiger partial charge in [0.05, 0.1) is 5.56 Å². The van der Waals surface area contributed by atoms with Crippen LogP contribution in [0.5, 0.6) is 11.5 Å². The highest BCUT2D eigenvalue weighted by atomic mass is 16.7. The molecule has 37 heavy (non-hydrogen) atoms. The molecule has 1 saturated carbocycles. The molecule has 2 aliphatic heterocycles. The van der Waals surface area contributed by atoms with Gasteiger partial charge in [0.25, 0.3) is 11.8 Å². The average Bonchev–Trinajstić information content (AvgIpc) is 3.70. The molecule has 2 fully saturated rings. The molecule has 2 aromatic carbocycles. The monoisotopic (exact) mass is 506 g/mol. The second-order valence-electron chi connectivity index (χ2n) is 9.67. The van der Waals surface area contributed by atoms with E-state index in [9.17, 15) is 14.4 Å². The summed E-state index contributed by atoms with van der Waals surface area (Å²) in [7, 11) is 0. The number of amides is 3. The molecule has 9 nitrogen and oxygen atoms in total. The summed E-state index contributed by atoms with van der Waals surface area (Å²) in [6.07, 6.45) is 2.85. The summed E-state index contributed by atoms with van der Waals surface area (Å²) in [6.45, 7) is 8.06. The highest BCUT2D eigenvalue weighted by Gasteiger charge is 2.34. The van der Waals surface area contributed by atoms with Gasteiger partial charge in [0, 0.05) is 62.1 Å².